The second-order valence-electron chi connectivity index (χ2n) is 5.81. The molecule has 6 heteroatoms. The molecule has 0 spiro atoms. The maximum atomic E-state index is 10.8. The minimum absolute atomic E-state index is 0.0895. The first kappa shape index (κ1) is 18.4. The Bertz CT molecular complexity index is 741. The van der Waals surface area contributed by atoms with Crippen LogP contribution in [0.2, 0.25) is 0 Å². The summed E-state index contributed by atoms with van der Waals surface area (Å²) in [7, 11) is 1.70. The Hall–Kier alpha value is -2.89. The minimum atomic E-state index is -0.390. The predicted octanol–water partition coefficient (Wildman–Crippen LogP) is 3.58. The number of nitro benzene ring substituents is 1. The lowest BCUT2D eigenvalue weighted by atomic mass is 10.1. The van der Waals surface area contributed by atoms with Crippen LogP contribution in [0.4, 0.5) is 5.69 Å². The summed E-state index contributed by atoms with van der Waals surface area (Å²) in [4.78, 5) is 14.7. The lowest BCUT2D eigenvalue weighted by molar-refractivity contribution is -0.384. The van der Waals surface area contributed by atoms with Crippen LogP contribution in [0.3, 0.4) is 0 Å². The Kier molecular flexibility index (Phi) is 6.51. The van der Waals surface area contributed by atoms with Gasteiger partial charge in [-0.15, -0.1) is 0 Å². The molecule has 2 aromatic carbocycles. The second kappa shape index (κ2) is 8.82. The summed E-state index contributed by atoms with van der Waals surface area (Å²) in [6.45, 7) is 4.67. The van der Waals surface area contributed by atoms with E-state index in [1.165, 1.54) is 17.2 Å². The van der Waals surface area contributed by atoms with Crippen LogP contribution in [-0.4, -0.2) is 17.9 Å². The first-order valence-corrected chi connectivity index (χ1v) is 8.32. The highest BCUT2D eigenvalue weighted by atomic mass is 16.6. The molecule has 0 amide bonds. The number of benzene rings is 2. The van der Waals surface area contributed by atoms with Gasteiger partial charge in [0.05, 0.1) is 11.0 Å². The van der Waals surface area contributed by atoms with Gasteiger partial charge < -0.3 is 10.6 Å². The number of hydrogen-bond acceptors (Lipinski definition) is 3. The highest BCUT2D eigenvalue weighted by Gasteiger charge is 2.09. The summed E-state index contributed by atoms with van der Waals surface area (Å²) < 4.78 is 0. The minimum Gasteiger partial charge on any atom is -0.352 e. The SMILES string of the molecule is CCc1ccc(C(C)NC(=NC)NCc2cccc([N+](=O)[O-])c2)cc1. The molecule has 0 radical (unpaired) electrons. The smallest absolute Gasteiger partial charge is 0.269 e. The van der Waals surface area contributed by atoms with Gasteiger partial charge in [0.25, 0.3) is 5.69 Å². The van der Waals surface area contributed by atoms with Crippen LogP contribution in [0, 0.1) is 10.1 Å². The van der Waals surface area contributed by atoms with Crippen molar-refractivity contribution in [2.24, 2.45) is 4.99 Å². The van der Waals surface area contributed by atoms with Crippen LogP contribution in [0.15, 0.2) is 53.5 Å². The highest BCUT2D eigenvalue weighted by Crippen LogP contribution is 2.14. The highest BCUT2D eigenvalue weighted by molar-refractivity contribution is 5.80. The van der Waals surface area contributed by atoms with Crippen molar-refractivity contribution in [1.29, 1.82) is 0 Å². The number of nitro groups is 1. The van der Waals surface area contributed by atoms with Gasteiger partial charge >= 0.3 is 0 Å². The molecule has 1 atom stereocenters. The van der Waals surface area contributed by atoms with Crippen molar-refractivity contribution in [1.82, 2.24) is 10.6 Å². The van der Waals surface area contributed by atoms with Crippen LogP contribution in [-0.2, 0) is 13.0 Å². The van der Waals surface area contributed by atoms with Crippen molar-refractivity contribution in [3.05, 3.63) is 75.3 Å². The molecule has 0 aliphatic carbocycles. The molecule has 0 aliphatic rings. The van der Waals surface area contributed by atoms with Gasteiger partial charge in [-0.1, -0.05) is 43.3 Å². The van der Waals surface area contributed by atoms with E-state index >= 15 is 0 Å². The van der Waals surface area contributed by atoms with E-state index in [4.69, 9.17) is 0 Å². The molecule has 6 nitrogen and oxygen atoms in total. The number of nitrogens with zero attached hydrogens (tertiary/aromatic N) is 2. The largest absolute Gasteiger partial charge is 0.352 e. The molecule has 0 bridgehead atoms. The Labute approximate surface area is 148 Å². The lowest BCUT2D eigenvalue weighted by Gasteiger charge is -2.18. The molecule has 2 rings (SSSR count). The molecule has 2 N–H and O–H groups in total. The van der Waals surface area contributed by atoms with Gasteiger partial charge in [-0.25, -0.2) is 0 Å². The Morgan fingerprint density at radius 2 is 1.92 bits per heavy atom. The van der Waals surface area contributed by atoms with Crippen LogP contribution >= 0.6 is 0 Å². The summed E-state index contributed by atoms with van der Waals surface area (Å²) in [5.74, 6) is 0.651. The van der Waals surface area contributed by atoms with Crippen molar-refractivity contribution in [2.45, 2.75) is 32.9 Å². The summed E-state index contributed by atoms with van der Waals surface area (Å²) in [6, 6.07) is 15.2. The summed E-state index contributed by atoms with van der Waals surface area (Å²) in [5, 5.41) is 17.4. The van der Waals surface area contributed by atoms with Gasteiger partial charge in [0.15, 0.2) is 5.96 Å². The van der Waals surface area contributed by atoms with E-state index in [9.17, 15) is 10.1 Å². The number of non-ortho nitro benzene ring substituents is 1. The average Bonchev–Trinajstić information content (AvgIpc) is 2.65. The fourth-order valence-electron chi connectivity index (χ4n) is 2.49. The van der Waals surface area contributed by atoms with E-state index in [2.05, 4.69) is 53.7 Å². The van der Waals surface area contributed by atoms with E-state index in [1.54, 1.807) is 19.2 Å². The Morgan fingerprint density at radius 3 is 2.52 bits per heavy atom. The monoisotopic (exact) mass is 340 g/mol. The number of hydrogen-bond donors (Lipinski definition) is 2. The molecular formula is C19H24N4O2. The topological polar surface area (TPSA) is 79.6 Å². The van der Waals surface area contributed by atoms with Gasteiger partial charge in [-0.2, -0.15) is 0 Å². The third kappa shape index (κ3) is 5.31. The van der Waals surface area contributed by atoms with Crippen molar-refractivity contribution < 1.29 is 4.92 Å². The van der Waals surface area contributed by atoms with Crippen LogP contribution in [0.25, 0.3) is 0 Å². The number of rotatable bonds is 6. The van der Waals surface area contributed by atoms with Gasteiger partial charge in [0, 0.05) is 25.7 Å². The van der Waals surface area contributed by atoms with E-state index in [-0.39, 0.29) is 11.7 Å². The fraction of sp³-hybridized carbons (Fsp3) is 0.316. The number of nitrogens with one attached hydrogen (secondary N) is 2. The zero-order valence-electron chi connectivity index (χ0n) is 14.8. The Morgan fingerprint density at radius 1 is 1.20 bits per heavy atom. The number of guanidine groups is 1. The molecule has 1 unspecified atom stereocenters. The third-order valence-electron chi connectivity index (χ3n) is 4.05. The standard InChI is InChI=1S/C19H24N4O2/c1-4-15-8-10-17(11-9-15)14(2)22-19(20-3)21-13-16-6-5-7-18(12-16)23(24)25/h5-12,14H,4,13H2,1-3H3,(H2,20,21,22). The maximum absolute atomic E-state index is 10.8. The van der Waals surface area contributed by atoms with Crippen LogP contribution in [0.1, 0.15) is 36.6 Å². The molecule has 0 heterocycles. The molecular weight excluding hydrogens is 316 g/mol. The van der Waals surface area contributed by atoms with E-state index < -0.39 is 4.92 Å². The lowest BCUT2D eigenvalue weighted by Crippen LogP contribution is -2.38. The number of aryl methyl sites for hydroxylation is 1. The molecule has 0 aliphatic heterocycles. The number of aliphatic imine (C=N–C) groups is 1. The summed E-state index contributed by atoms with van der Waals surface area (Å²) >= 11 is 0. The zero-order valence-corrected chi connectivity index (χ0v) is 14.8. The van der Waals surface area contributed by atoms with Crippen LogP contribution < -0.4 is 10.6 Å². The molecule has 0 saturated heterocycles. The fourth-order valence-corrected chi connectivity index (χ4v) is 2.49. The molecule has 0 saturated carbocycles. The third-order valence-corrected chi connectivity index (χ3v) is 4.05. The van der Waals surface area contributed by atoms with Gasteiger partial charge in [0.1, 0.15) is 0 Å². The van der Waals surface area contributed by atoms with Crippen molar-refractivity contribution in [3.8, 4) is 0 Å². The van der Waals surface area contributed by atoms with E-state index in [0.29, 0.717) is 12.5 Å². The van der Waals surface area contributed by atoms with Crippen molar-refractivity contribution in [3.63, 3.8) is 0 Å². The Balaban J connectivity index is 1.95. The molecule has 132 valence electrons. The van der Waals surface area contributed by atoms with E-state index in [1.807, 2.05) is 6.07 Å². The average molecular weight is 340 g/mol. The van der Waals surface area contributed by atoms with Crippen molar-refractivity contribution >= 4 is 11.6 Å². The normalized spacial score (nSPS) is 12.5. The maximum Gasteiger partial charge on any atom is 0.269 e. The summed E-state index contributed by atoms with van der Waals surface area (Å²) in [5.41, 5.74) is 3.41. The predicted molar refractivity (Wildman–Crippen MR) is 101 cm³/mol. The first-order chi connectivity index (χ1) is 12.0. The van der Waals surface area contributed by atoms with E-state index in [0.717, 1.165) is 12.0 Å². The molecule has 0 fully saturated rings. The second-order valence-corrected chi connectivity index (χ2v) is 5.81. The van der Waals surface area contributed by atoms with Gasteiger partial charge in [0.2, 0.25) is 0 Å². The summed E-state index contributed by atoms with van der Waals surface area (Å²) in [6.07, 6.45) is 1.02. The van der Waals surface area contributed by atoms with Gasteiger partial charge in [-0.3, -0.25) is 15.1 Å². The van der Waals surface area contributed by atoms with Crippen LogP contribution in [0.5, 0.6) is 0 Å². The first-order valence-electron chi connectivity index (χ1n) is 8.32. The molecule has 25 heavy (non-hydrogen) atoms. The zero-order chi connectivity index (χ0) is 18.2. The quantitative estimate of drug-likeness (QED) is 0.364. The molecule has 0 aromatic heterocycles. The molecule has 2 aromatic rings. The van der Waals surface area contributed by atoms with Crippen molar-refractivity contribution in [2.75, 3.05) is 7.05 Å². The van der Waals surface area contributed by atoms with Gasteiger partial charge in [-0.05, 0) is 30.0 Å².